The van der Waals surface area contributed by atoms with Crippen LogP contribution in [0.4, 0.5) is 0 Å². The van der Waals surface area contributed by atoms with Gasteiger partial charge in [0.25, 0.3) is 5.91 Å². The van der Waals surface area contributed by atoms with Crippen LogP contribution in [0.5, 0.6) is 0 Å². The number of aliphatic hydroxyl groups excluding tert-OH is 1. The maximum Gasteiger partial charge on any atom is 0.261 e. The molecule has 2 rings (SSSR count). The molecule has 1 aliphatic carbocycles. The summed E-state index contributed by atoms with van der Waals surface area (Å²) in [7, 11) is 0. The summed E-state index contributed by atoms with van der Waals surface area (Å²) >= 11 is 1.35. The highest BCUT2D eigenvalue weighted by Crippen LogP contribution is 2.27. The Bertz CT molecular complexity index is 498. The van der Waals surface area contributed by atoms with E-state index in [0.717, 1.165) is 12.8 Å². The predicted octanol–water partition coefficient (Wildman–Crippen LogP) is 2.31. The van der Waals surface area contributed by atoms with Gasteiger partial charge in [-0.05, 0) is 43.6 Å². The quantitative estimate of drug-likeness (QED) is 0.714. The highest BCUT2D eigenvalue weighted by molar-refractivity contribution is 7.12. The third-order valence-corrected chi connectivity index (χ3v) is 5.34. The van der Waals surface area contributed by atoms with Crippen molar-refractivity contribution in [2.45, 2.75) is 57.5 Å². The molecule has 0 aliphatic heterocycles. The molecule has 1 aromatic heterocycles. The number of hydrogen-bond donors (Lipinski definition) is 3. The van der Waals surface area contributed by atoms with E-state index in [-0.39, 0.29) is 24.5 Å². The van der Waals surface area contributed by atoms with Crippen LogP contribution in [0.25, 0.3) is 0 Å². The molecular formula is C17H26N2O3S. The minimum Gasteiger partial charge on any atom is -0.396 e. The molecule has 0 bridgehead atoms. The fourth-order valence-electron chi connectivity index (χ4n) is 3.15. The predicted molar refractivity (Wildman–Crippen MR) is 91.5 cm³/mol. The average Bonchev–Trinajstić information content (AvgIpc) is 3.09. The van der Waals surface area contributed by atoms with Gasteiger partial charge in [-0.1, -0.05) is 25.3 Å². The van der Waals surface area contributed by atoms with Crippen molar-refractivity contribution in [1.82, 2.24) is 10.6 Å². The van der Waals surface area contributed by atoms with E-state index >= 15 is 0 Å². The summed E-state index contributed by atoms with van der Waals surface area (Å²) in [5.41, 5.74) is 0. The molecule has 2 amide bonds. The number of carbonyl (C=O) groups excluding carboxylic acids is 2. The molecule has 3 N–H and O–H groups in total. The zero-order valence-electron chi connectivity index (χ0n) is 13.6. The number of rotatable bonds is 7. The van der Waals surface area contributed by atoms with Gasteiger partial charge in [0.05, 0.1) is 4.88 Å². The summed E-state index contributed by atoms with van der Waals surface area (Å²) in [6.07, 6.45) is 6.40. The summed E-state index contributed by atoms with van der Waals surface area (Å²) in [5, 5.41) is 16.9. The van der Waals surface area contributed by atoms with Gasteiger partial charge in [0.1, 0.15) is 6.04 Å². The fourth-order valence-corrected chi connectivity index (χ4v) is 3.78. The Labute approximate surface area is 141 Å². The molecule has 1 saturated carbocycles. The van der Waals surface area contributed by atoms with Crippen molar-refractivity contribution >= 4 is 23.2 Å². The molecule has 1 fully saturated rings. The van der Waals surface area contributed by atoms with Crippen LogP contribution in [0.2, 0.25) is 0 Å². The molecule has 128 valence electrons. The average molecular weight is 338 g/mol. The summed E-state index contributed by atoms with van der Waals surface area (Å²) in [4.78, 5) is 25.0. The van der Waals surface area contributed by atoms with Crippen molar-refractivity contribution < 1.29 is 14.7 Å². The van der Waals surface area contributed by atoms with Gasteiger partial charge in [-0.2, -0.15) is 0 Å². The second-order valence-electron chi connectivity index (χ2n) is 6.20. The number of hydrogen-bond acceptors (Lipinski definition) is 4. The van der Waals surface area contributed by atoms with E-state index in [0.29, 0.717) is 17.2 Å². The van der Waals surface area contributed by atoms with E-state index in [2.05, 4.69) is 10.6 Å². The Kier molecular flexibility index (Phi) is 7.05. The lowest BCUT2D eigenvalue weighted by Crippen LogP contribution is -2.50. The minimum atomic E-state index is -0.589. The molecule has 0 radical (unpaired) electrons. The lowest BCUT2D eigenvalue weighted by Gasteiger charge is -2.31. The second-order valence-corrected chi connectivity index (χ2v) is 7.15. The fraction of sp³-hybridized carbons (Fsp3) is 0.647. The van der Waals surface area contributed by atoms with Crippen molar-refractivity contribution in [2.24, 2.45) is 5.92 Å². The largest absolute Gasteiger partial charge is 0.396 e. The van der Waals surface area contributed by atoms with Crippen LogP contribution in [0.1, 0.15) is 55.1 Å². The van der Waals surface area contributed by atoms with Crippen LogP contribution in [-0.4, -0.2) is 35.6 Å². The SMILES string of the molecule is CC(NC(=O)c1cccs1)C(=O)NC(CCO)C1CCCCC1. The van der Waals surface area contributed by atoms with Crippen LogP contribution >= 0.6 is 11.3 Å². The number of carbonyl (C=O) groups is 2. The molecule has 1 aliphatic rings. The van der Waals surface area contributed by atoms with Gasteiger partial charge in [0, 0.05) is 12.6 Å². The first kappa shape index (κ1) is 17.9. The van der Waals surface area contributed by atoms with Gasteiger partial charge in [-0.15, -0.1) is 11.3 Å². The lowest BCUT2D eigenvalue weighted by atomic mass is 9.82. The topological polar surface area (TPSA) is 78.4 Å². The zero-order valence-corrected chi connectivity index (χ0v) is 14.4. The van der Waals surface area contributed by atoms with E-state index in [1.807, 2.05) is 11.4 Å². The minimum absolute atomic E-state index is 0.00566. The molecule has 2 atom stereocenters. The summed E-state index contributed by atoms with van der Waals surface area (Å²) in [6, 6.07) is 2.95. The van der Waals surface area contributed by atoms with Gasteiger partial charge in [-0.25, -0.2) is 0 Å². The molecule has 1 aromatic rings. The molecule has 0 spiro atoms. The molecular weight excluding hydrogens is 312 g/mol. The molecule has 1 heterocycles. The van der Waals surface area contributed by atoms with E-state index in [1.165, 1.54) is 30.6 Å². The van der Waals surface area contributed by atoms with Crippen LogP contribution < -0.4 is 10.6 Å². The summed E-state index contributed by atoms with van der Waals surface area (Å²) in [5.74, 6) is 0.0259. The van der Waals surface area contributed by atoms with Crippen molar-refractivity contribution in [1.29, 1.82) is 0 Å². The number of amides is 2. The standard InChI is InChI=1S/C17H26N2O3S/c1-12(18-17(22)15-8-5-11-23-15)16(21)19-14(9-10-20)13-6-3-2-4-7-13/h5,8,11-14,20H,2-4,6-7,9-10H2,1H3,(H,18,22)(H,19,21). The molecule has 23 heavy (non-hydrogen) atoms. The number of aliphatic hydroxyl groups is 1. The summed E-state index contributed by atoms with van der Waals surface area (Å²) < 4.78 is 0. The first-order chi connectivity index (χ1) is 11.1. The highest BCUT2D eigenvalue weighted by atomic mass is 32.1. The Morgan fingerprint density at radius 3 is 2.65 bits per heavy atom. The van der Waals surface area contributed by atoms with E-state index < -0.39 is 6.04 Å². The monoisotopic (exact) mass is 338 g/mol. The van der Waals surface area contributed by atoms with Gasteiger partial charge < -0.3 is 15.7 Å². The molecule has 5 nitrogen and oxygen atoms in total. The molecule has 0 aromatic carbocycles. The Balaban J connectivity index is 1.88. The Hall–Kier alpha value is -1.40. The third-order valence-electron chi connectivity index (χ3n) is 4.47. The van der Waals surface area contributed by atoms with Gasteiger partial charge in [0.2, 0.25) is 5.91 Å². The maximum absolute atomic E-state index is 12.4. The smallest absolute Gasteiger partial charge is 0.261 e. The van der Waals surface area contributed by atoms with Gasteiger partial charge >= 0.3 is 0 Å². The van der Waals surface area contributed by atoms with Crippen LogP contribution in [0.3, 0.4) is 0 Å². The van der Waals surface area contributed by atoms with Crippen molar-refractivity contribution in [3.05, 3.63) is 22.4 Å². The van der Waals surface area contributed by atoms with Crippen LogP contribution in [0.15, 0.2) is 17.5 Å². The Morgan fingerprint density at radius 2 is 2.04 bits per heavy atom. The van der Waals surface area contributed by atoms with Crippen molar-refractivity contribution in [3.63, 3.8) is 0 Å². The lowest BCUT2D eigenvalue weighted by molar-refractivity contribution is -0.123. The van der Waals surface area contributed by atoms with E-state index in [9.17, 15) is 14.7 Å². The van der Waals surface area contributed by atoms with Crippen LogP contribution in [-0.2, 0) is 4.79 Å². The third kappa shape index (κ3) is 5.32. The molecule has 0 saturated heterocycles. The van der Waals surface area contributed by atoms with Crippen molar-refractivity contribution in [3.8, 4) is 0 Å². The zero-order chi connectivity index (χ0) is 16.7. The maximum atomic E-state index is 12.4. The number of nitrogens with one attached hydrogen (secondary N) is 2. The highest BCUT2D eigenvalue weighted by Gasteiger charge is 2.26. The van der Waals surface area contributed by atoms with Crippen molar-refractivity contribution in [2.75, 3.05) is 6.61 Å². The molecule has 6 heteroatoms. The van der Waals surface area contributed by atoms with Crippen LogP contribution in [0, 0.1) is 5.92 Å². The van der Waals surface area contributed by atoms with Gasteiger partial charge in [-0.3, -0.25) is 9.59 Å². The Morgan fingerprint density at radius 1 is 1.30 bits per heavy atom. The first-order valence-electron chi connectivity index (χ1n) is 8.37. The molecule has 2 unspecified atom stereocenters. The van der Waals surface area contributed by atoms with E-state index in [1.54, 1.807) is 13.0 Å². The first-order valence-corrected chi connectivity index (χ1v) is 9.25. The number of thiophene rings is 1. The normalized spacial score (nSPS) is 18.2. The second kappa shape index (κ2) is 9.03. The van der Waals surface area contributed by atoms with E-state index in [4.69, 9.17) is 0 Å². The van der Waals surface area contributed by atoms with Gasteiger partial charge in [0.15, 0.2) is 0 Å². The summed E-state index contributed by atoms with van der Waals surface area (Å²) in [6.45, 7) is 1.76.